The Morgan fingerprint density at radius 3 is 2.43 bits per heavy atom. The number of nitrogens with one attached hydrogen (secondary N) is 1. The largest absolute Gasteiger partial charge is 0.362 e. The molecule has 114 valence electrons. The van der Waals surface area contributed by atoms with Crippen LogP contribution >= 0.6 is 11.3 Å². The molecule has 0 spiro atoms. The topological polar surface area (TPSA) is 62.3 Å². The lowest BCUT2D eigenvalue weighted by Gasteiger charge is -2.20. The van der Waals surface area contributed by atoms with Crippen molar-refractivity contribution in [3.8, 4) is 11.3 Å². The zero-order chi connectivity index (χ0) is 15.5. The fraction of sp³-hybridized carbons (Fsp3) is 0.357. The molecule has 1 N–H and O–H groups in total. The second kappa shape index (κ2) is 6.44. The van der Waals surface area contributed by atoms with Crippen molar-refractivity contribution in [3.63, 3.8) is 0 Å². The molecule has 0 aliphatic heterocycles. The van der Waals surface area contributed by atoms with Crippen molar-refractivity contribution in [2.75, 3.05) is 29.0 Å². The van der Waals surface area contributed by atoms with Crippen LogP contribution in [0.5, 0.6) is 0 Å². The van der Waals surface area contributed by atoms with Gasteiger partial charge in [0.15, 0.2) is 5.13 Å². The normalized spacial score (nSPS) is 11.4. The Morgan fingerprint density at radius 2 is 1.90 bits per heavy atom. The highest BCUT2D eigenvalue weighted by atomic mass is 32.2. The first-order valence-electron chi connectivity index (χ1n) is 6.73. The summed E-state index contributed by atoms with van der Waals surface area (Å²) in [6.07, 6.45) is 1.22. The van der Waals surface area contributed by atoms with E-state index in [4.69, 9.17) is 0 Å². The van der Waals surface area contributed by atoms with E-state index >= 15 is 0 Å². The summed E-state index contributed by atoms with van der Waals surface area (Å²) in [6.45, 7) is 5.10. The molecule has 2 aromatic rings. The summed E-state index contributed by atoms with van der Waals surface area (Å²) >= 11 is 1.56. The molecule has 0 aliphatic rings. The second-order valence-corrected chi connectivity index (χ2v) is 7.31. The molecular weight excluding hydrogens is 306 g/mol. The monoisotopic (exact) mass is 325 g/mol. The second-order valence-electron chi connectivity index (χ2n) is 4.54. The minimum Gasteiger partial charge on any atom is -0.362 e. The number of benzene rings is 1. The van der Waals surface area contributed by atoms with E-state index < -0.39 is 10.0 Å². The van der Waals surface area contributed by atoms with Crippen LogP contribution in [0.3, 0.4) is 0 Å². The number of sulfonamides is 1. The number of hydrogen-bond acceptors (Lipinski definition) is 5. The molecule has 21 heavy (non-hydrogen) atoms. The summed E-state index contributed by atoms with van der Waals surface area (Å²) < 4.78 is 24.8. The highest BCUT2D eigenvalue weighted by Crippen LogP contribution is 2.27. The molecule has 1 aromatic heterocycles. The maximum absolute atomic E-state index is 11.7. The van der Waals surface area contributed by atoms with Gasteiger partial charge in [0.05, 0.1) is 17.6 Å². The van der Waals surface area contributed by atoms with Crippen molar-refractivity contribution < 1.29 is 8.42 Å². The van der Waals surface area contributed by atoms with Gasteiger partial charge in [0.25, 0.3) is 0 Å². The Hall–Kier alpha value is -1.60. The molecule has 0 atom stereocenters. The molecule has 5 nitrogen and oxygen atoms in total. The van der Waals surface area contributed by atoms with E-state index in [1.54, 1.807) is 11.3 Å². The number of rotatable bonds is 6. The van der Waals surface area contributed by atoms with Crippen molar-refractivity contribution in [2.24, 2.45) is 0 Å². The van der Waals surface area contributed by atoms with Crippen LogP contribution in [-0.2, 0) is 10.0 Å². The van der Waals surface area contributed by atoms with Gasteiger partial charge in [-0.25, -0.2) is 13.4 Å². The van der Waals surface area contributed by atoms with Gasteiger partial charge in [0.2, 0.25) is 10.0 Å². The maximum atomic E-state index is 11.7. The quantitative estimate of drug-likeness (QED) is 0.887. The fourth-order valence-electron chi connectivity index (χ4n) is 2.05. The van der Waals surface area contributed by atoms with Crippen molar-refractivity contribution in [3.05, 3.63) is 29.6 Å². The average Bonchev–Trinajstić information content (AvgIpc) is 2.88. The van der Waals surface area contributed by atoms with Gasteiger partial charge >= 0.3 is 0 Å². The first kappa shape index (κ1) is 15.8. The Labute approximate surface area is 129 Å². The summed E-state index contributed by atoms with van der Waals surface area (Å²) in [4.78, 5) is 4.49. The zero-order valence-corrected chi connectivity index (χ0v) is 14.0. The van der Waals surface area contributed by atoms with E-state index in [9.17, 15) is 8.42 Å². The van der Waals surface area contributed by atoms with Crippen LogP contribution in [0.25, 0.3) is 11.3 Å². The van der Waals surface area contributed by atoms with E-state index in [0.717, 1.165) is 22.9 Å². The summed E-state index contributed by atoms with van der Waals surface area (Å²) in [5.74, 6) is 0. The maximum Gasteiger partial charge on any atom is 0.232 e. The average molecular weight is 325 g/mol. The van der Waals surface area contributed by atoms with Crippen LogP contribution in [0.2, 0.25) is 0 Å². The molecule has 0 saturated heterocycles. The summed E-state index contributed by atoms with van der Waals surface area (Å²) in [7, 11) is -3.24. The van der Waals surface area contributed by atoms with E-state index in [0.29, 0.717) is 12.2 Å². The highest BCUT2D eigenvalue weighted by Gasteiger charge is 2.15. The van der Waals surface area contributed by atoms with Gasteiger partial charge in [0, 0.05) is 24.0 Å². The van der Waals surface area contributed by atoms with Crippen LogP contribution in [0, 0.1) is 0 Å². The van der Waals surface area contributed by atoms with Crippen molar-refractivity contribution in [1.29, 1.82) is 0 Å². The standard InChI is InChI=1S/C14H19N3O2S2/c1-4-15-14-16-13(10-20-14)11-6-8-12(9-7-11)17(5-2)21(3,18)19/h6-10H,4-5H2,1-3H3,(H,15,16). The molecule has 0 fully saturated rings. The Bertz CT molecular complexity index is 693. The molecule has 0 aliphatic carbocycles. The third-order valence-corrected chi connectivity index (χ3v) is 5.04. The molecule has 1 heterocycles. The SMILES string of the molecule is CCNc1nc(-c2ccc(N(CC)S(C)(=O)=O)cc2)cs1. The lowest BCUT2D eigenvalue weighted by Crippen LogP contribution is -2.29. The number of thiazole rings is 1. The van der Waals surface area contributed by atoms with Gasteiger partial charge in [-0.2, -0.15) is 0 Å². The van der Waals surface area contributed by atoms with Crippen molar-refractivity contribution in [2.45, 2.75) is 13.8 Å². The van der Waals surface area contributed by atoms with Crippen LogP contribution in [0.1, 0.15) is 13.8 Å². The molecule has 1 aromatic carbocycles. The summed E-state index contributed by atoms with van der Waals surface area (Å²) in [5, 5.41) is 6.05. The van der Waals surface area contributed by atoms with Gasteiger partial charge in [0.1, 0.15) is 0 Å². The minimum absolute atomic E-state index is 0.416. The van der Waals surface area contributed by atoms with E-state index in [2.05, 4.69) is 10.3 Å². The Balaban J connectivity index is 2.25. The van der Waals surface area contributed by atoms with E-state index in [-0.39, 0.29) is 0 Å². The van der Waals surface area contributed by atoms with Gasteiger partial charge < -0.3 is 5.32 Å². The van der Waals surface area contributed by atoms with E-state index in [1.165, 1.54) is 10.6 Å². The number of hydrogen-bond donors (Lipinski definition) is 1. The minimum atomic E-state index is -3.24. The first-order chi connectivity index (χ1) is 9.95. The van der Waals surface area contributed by atoms with E-state index in [1.807, 2.05) is 43.5 Å². The number of aromatic nitrogens is 1. The molecule has 2 rings (SSSR count). The predicted molar refractivity (Wildman–Crippen MR) is 89.6 cm³/mol. The van der Waals surface area contributed by atoms with Crippen LogP contribution < -0.4 is 9.62 Å². The lowest BCUT2D eigenvalue weighted by atomic mass is 10.1. The molecular formula is C14H19N3O2S2. The first-order valence-corrected chi connectivity index (χ1v) is 9.46. The summed E-state index contributed by atoms with van der Waals surface area (Å²) in [5.41, 5.74) is 2.54. The molecule has 0 bridgehead atoms. The Kier molecular flexibility index (Phi) is 4.84. The molecule has 0 amide bonds. The summed E-state index contributed by atoms with van der Waals surface area (Å²) in [6, 6.07) is 7.42. The number of nitrogens with zero attached hydrogens (tertiary/aromatic N) is 2. The lowest BCUT2D eigenvalue weighted by molar-refractivity contribution is 0.598. The highest BCUT2D eigenvalue weighted by molar-refractivity contribution is 7.92. The molecule has 0 radical (unpaired) electrons. The molecule has 0 unspecified atom stereocenters. The van der Waals surface area contributed by atoms with Crippen molar-refractivity contribution >= 4 is 32.2 Å². The number of anilines is 2. The smallest absolute Gasteiger partial charge is 0.232 e. The van der Waals surface area contributed by atoms with Gasteiger partial charge in [-0.15, -0.1) is 11.3 Å². The van der Waals surface area contributed by atoms with Gasteiger partial charge in [-0.3, -0.25) is 4.31 Å². The van der Waals surface area contributed by atoms with Gasteiger partial charge in [-0.1, -0.05) is 12.1 Å². The van der Waals surface area contributed by atoms with Crippen LogP contribution in [0.15, 0.2) is 29.6 Å². The predicted octanol–water partition coefficient (Wildman–Crippen LogP) is 3.03. The zero-order valence-electron chi connectivity index (χ0n) is 12.3. The fourth-order valence-corrected chi connectivity index (χ4v) is 3.81. The molecule has 0 saturated carbocycles. The molecule has 7 heteroatoms. The van der Waals surface area contributed by atoms with Crippen LogP contribution in [0.4, 0.5) is 10.8 Å². The third-order valence-electron chi connectivity index (χ3n) is 2.97. The van der Waals surface area contributed by atoms with Crippen LogP contribution in [-0.4, -0.2) is 32.7 Å². The van der Waals surface area contributed by atoms with Crippen molar-refractivity contribution in [1.82, 2.24) is 4.98 Å². The third kappa shape index (κ3) is 3.74. The van der Waals surface area contributed by atoms with Gasteiger partial charge in [-0.05, 0) is 26.0 Å². The Morgan fingerprint density at radius 1 is 1.24 bits per heavy atom.